The maximum Gasteiger partial charge on any atom is 0.442 e. The number of halogens is 4. The van der Waals surface area contributed by atoms with Gasteiger partial charge in [-0.3, -0.25) is 4.79 Å². The van der Waals surface area contributed by atoms with E-state index in [1.807, 2.05) is 0 Å². The van der Waals surface area contributed by atoms with Gasteiger partial charge in [-0.05, 0) is 30.8 Å². The van der Waals surface area contributed by atoms with Crippen molar-refractivity contribution in [3.05, 3.63) is 34.3 Å². The van der Waals surface area contributed by atoms with Gasteiger partial charge in [-0.1, -0.05) is 28.1 Å². The third-order valence-electron chi connectivity index (χ3n) is 1.81. The predicted molar refractivity (Wildman–Crippen MR) is 61.6 cm³/mol. The normalized spacial score (nSPS) is 13.6. The standard InChI is InChI=1S/C10H8BrF3OS/c1-6(16-10(12,13)14)9(15)7-2-4-8(11)5-3-7/h2-6H,1H3/t6-/m0/s1. The van der Waals surface area contributed by atoms with E-state index in [-0.39, 0.29) is 17.3 Å². The fourth-order valence-electron chi connectivity index (χ4n) is 1.10. The van der Waals surface area contributed by atoms with Crippen molar-refractivity contribution >= 4 is 33.5 Å². The van der Waals surface area contributed by atoms with E-state index in [4.69, 9.17) is 0 Å². The van der Waals surface area contributed by atoms with Crippen LogP contribution in [-0.4, -0.2) is 16.5 Å². The molecule has 0 N–H and O–H groups in total. The second kappa shape index (κ2) is 5.23. The summed E-state index contributed by atoms with van der Waals surface area (Å²) in [5.41, 5.74) is -4.10. The molecule has 0 saturated carbocycles. The first kappa shape index (κ1) is 13.6. The Kier molecular flexibility index (Phi) is 4.43. The molecule has 1 rings (SSSR count). The molecular formula is C10H8BrF3OS. The largest absolute Gasteiger partial charge is 0.442 e. The van der Waals surface area contributed by atoms with Crippen LogP contribution >= 0.6 is 27.7 Å². The Morgan fingerprint density at radius 1 is 1.31 bits per heavy atom. The highest BCUT2D eigenvalue weighted by Gasteiger charge is 2.34. The molecule has 16 heavy (non-hydrogen) atoms. The van der Waals surface area contributed by atoms with E-state index in [0.29, 0.717) is 0 Å². The smallest absolute Gasteiger partial charge is 0.293 e. The summed E-state index contributed by atoms with van der Waals surface area (Å²) < 4.78 is 36.9. The number of rotatable bonds is 3. The number of alkyl halides is 3. The molecule has 0 spiro atoms. The molecule has 1 atom stereocenters. The fourth-order valence-corrected chi connectivity index (χ4v) is 2.01. The maximum atomic E-state index is 12.0. The van der Waals surface area contributed by atoms with Crippen molar-refractivity contribution in [3.8, 4) is 0 Å². The quantitative estimate of drug-likeness (QED) is 0.775. The molecule has 0 bridgehead atoms. The Morgan fingerprint density at radius 3 is 2.25 bits per heavy atom. The maximum absolute atomic E-state index is 12.0. The zero-order valence-corrected chi connectivity index (χ0v) is 10.6. The van der Waals surface area contributed by atoms with Gasteiger partial charge in [0, 0.05) is 10.0 Å². The molecule has 88 valence electrons. The number of hydrogen-bond donors (Lipinski definition) is 0. The van der Waals surface area contributed by atoms with Gasteiger partial charge in [-0.15, -0.1) is 0 Å². The first-order chi connectivity index (χ1) is 7.29. The molecule has 0 aliphatic heterocycles. The van der Waals surface area contributed by atoms with Crippen molar-refractivity contribution in [3.63, 3.8) is 0 Å². The molecule has 1 aromatic carbocycles. The van der Waals surface area contributed by atoms with E-state index in [2.05, 4.69) is 15.9 Å². The topological polar surface area (TPSA) is 17.1 Å². The molecular weight excluding hydrogens is 305 g/mol. The Labute approximate surface area is 104 Å². The number of ketones is 1. The van der Waals surface area contributed by atoms with Crippen LogP contribution < -0.4 is 0 Å². The van der Waals surface area contributed by atoms with Crippen molar-refractivity contribution in [2.45, 2.75) is 17.7 Å². The minimum Gasteiger partial charge on any atom is -0.293 e. The van der Waals surface area contributed by atoms with Crippen LogP contribution in [0.25, 0.3) is 0 Å². The molecule has 6 heteroatoms. The van der Waals surface area contributed by atoms with Crippen molar-refractivity contribution < 1.29 is 18.0 Å². The Hall–Kier alpha value is -0.490. The van der Waals surface area contributed by atoms with Crippen molar-refractivity contribution in [2.75, 3.05) is 0 Å². The zero-order valence-electron chi connectivity index (χ0n) is 8.22. The van der Waals surface area contributed by atoms with E-state index >= 15 is 0 Å². The van der Waals surface area contributed by atoms with Crippen LogP contribution in [0.1, 0.15) is 17.3 Å². The summed E-state index contributed by atoms with van der Waals surface area (Å²) in [4.78, 5) is 11.6. The summed E-state index contributed by atoms with van der Waals surface area (Å²) in [5, 5.41) is -1.12. The van der Waals surface area contributed by atoms with Gasteiger partial charge in [0.05, 0.1) is 5.25 Å². The molecule has 0 saturated heterocycles. The van der Waals surface area contributed by atoms with Crippen LogP contribution in [-0.2, 0) is 0 Å². The molecule has 0 radical (unpaired) electrons. The van der Waals surface area contributed by atoms with Gasteiger partial charge < -0.3 is 0 Å². The van der Waals surface area contributed by atoms with E-state index in [1.165, 1.54) is 19.1 Å². The highest BCUT2D eigenvalue weighted by molar-refractivity contribution is 9.10. The number of hydrogen-bond acceptors (Lipinski definition) is 2. The van der Waals surface area contributed by atoms with Gasteiger partial charge in [0.25, 0.3) is 0 Å². The zero-order chi connectivity index (χ0) is 12.3. The number of carbonyl (C=O) groups excluding carboxylic acids is 1. The minimum atomic E-state index is -4.38. The molecule has 0 aromatic heterocycles. The summed E-state index contributed by atoms with van der Waals surface area (Å²) in [7, 11) is 0. The van der Waals surface area contributed by atoms with E-state index in [9.17, 15) is 18.0 Å². The lowest BCUT2D eigenvalue weighted by Crippen LogP contribution is -2.18. The second-order valence-electron chi connectivity index (χ2n) is 3.08. The van der Waals surface area contributed by atoms with Gasteiger partial charge >= 0.3 is 5.51 Å². The van der Waals surface area contributed by atoms with Crippen LogP contribution in [0.3, 0.4) is 0 Å². The lowest BCUT2D eigenvalue weighted by atomic mass is 10.1. The highest BCUT2D eigenvalue weighted by Crippen LogP contribution is 2.35. The van der Waals surface area contributed by atoms with Gasteiger partial charge in [0.15, 0.2) is 5.78 Å². The van der Waals surface area contributed by atoms with Gasteiger partial charge in [-0.2, -0.15) is 13.2 Å². The Bertz CT molecular complexity index is 375. The Morgan fingerprint density at radius 2 is 1.81 bits per heavy atom. The molecule has 0 amide bonds. The predicted octanol–water partition coefficient (Wildman–Crippen LogP) is 4.27. The molecule has 0 aliphatic carbocycles. The van der Waals surface area contributed by atoms with E-state index in [1.54, 1.807) is 12.1 Å². The molecule has 1 nitrogen and oxygen atoms in total. The number of thioether (sulfide) groups is 1. The SMILES string of the molecule is C[C@H](SC(F)(F)F)C(=O)c1ccc(Br)cc1. The summed E-state index contributed by atoms with van der Waals surface area (Å²) in [5.74, 6) is -0.519. The van der Waals surface area contributed by atoms with Gasteiger partial charge in [0.1, 0.15) is 0 Å². The molecule has 1 aromatic rings. The summed E-state index contributed by atoms with van der Waals surface area (Å²) in [6, 6.07) is 6.25. The van der Waals surface area contributed by atoms with Crippen molar-refractivity contribution in [1.29, 1.82) is 0 Å². The summed E-state index contributed by atoms with van der Waals surface area (Å²) in [6.45, 7) is 1.25. The highest BCUT2D eigenvalue weighted by atomic mass is 79.9. The lowest BCUT2D eigenvalue weighted by molar-refractivity contribution is -0.0332. The first-order valence-corrected chi connectivity index (χ1v) is 6.01. The van der Waals surface area contributed by atoms with E-state index < -0.39 is 16.5 Å². The first-order valence-electron chi connectivity index (χ1n) is 4.34. The van der Waals surface area contributed by atoms with E-state index in [0.717, 1.165) is 4.47 Å². The average molecular weight is 313 g/mol. The average Bonchev–Trinajstić information content (AvgIpc) is 2.15. The molecule has 0 aliphatic rings. The van der Waals surface area contributed by atoms with Crippen LogP contribution in [0.15, 0.2) is 28.7 Å². The van der Waals surface area contributed by atoms with Crippen LogP contribution in [0.5, 0.6) is 0 Å². The molecule has 0 fully saturated rings. The van der Waals surface area contributed by atoms with Crippen LogP contribution in [0.4, 0.5) is 13.2 Å². The second-order valence-corrected chi connectivity index (χ2v) is 5.40. The Balaban J connectivity index is 2.74. The summed E-state index contributed by atoms with van der Waals surface area (Å²) in [6.07, 6.45) is 0. The van der Waals surface area contributed by atoms with Crippen molar-refractivity contribution in [1.82, 2.24) is 0 Å². The van der Waals surface area contributed by atoms with Crippen LogP contribution in [0, 0.1) is 0 Å². The number of carbonyl (C=O) groups is 1. The lowest BCUT2D eigenvalue weighted by Gasteiger charge is -2.12. The molecule has 0 unspecified atom stereocenters. The van der Waals surface area contributed by atoms with Gasteiger partial charge in [0.2, 0.25) is 0 Å². The van der Waals surface area contributed by atoms with Gasteiger partial charge in [-0.25, -0.2) is 0 Å². The number of Topliss-reactive ketones (excluding diaryl/α,β-unsaturated/α-hetero) is 1. The minimum absolute atomic E-state index is 0.285. The third-order valence-corrected chi connectivity index (χ3v) is 3.17. The third kappa shape index (κ3) is 4.17. The van der Waals surface area contributed by atoms with Crippen LogP contribution in [0.2, 0.25) is 0 Å². The fraction of sp³-hybridized carbons (Fsp3) is 0.300. The molecule has 0 heterocycles. The summed E-state index contributed by atoms with van der Waals surface area (Å²) >= 11 is 2.89. The van der Waals surface area contributed by atoms with Crippen molar-refractivity contribution in [2.24, 2.45) is 0 Å². The monoisotopic (exact) mass is 312 g/mol. The number of benzene rings is 1.